The van der Waals surface area contributed by atoms with Crippen LogP contribution in [0.1, 0.15) is 11.5 Å². The number of aromatic nitrogens is 2. The van der Waals surface area contributed by atoms with Gasteiger partial charge < -0.3 is 18.9 Å². The number of nitrogens with zero attached hydrogens (tertiary/aromatic N) is 3. The molecule has 0 radical (unpaired) electrons. The number of hydrogen-bond donors (Lipinski definition) is 0. The van der Waals surface area contributed by atoms with Crippen LogP contribution in [0.2, 0.25) is 10.0 Å². The van der Waals surface area contributed by atoms with E-state index in [0.29, 0.717) is 38.5 Å². The largest absolute Gasteiger partial charge is 0.497 e. The van der Waals surface area contributed by atoms with E-state index in [9.17, 15) is 4.79 Å². The van der Waals surface area contributed by atoms with Crippen molar-refractivity contribution in [2.75, 3.05) is 21.3 Å². The third kappa shape index (κ3) is 5.11. The summed E-state index contributed by atoms with van der Waals surface area (Å²) in [5.74, 6) is 1.60. The number of amides is 1. The average molecular weight is 448 g/mol. The Labute approximate surface area is 183 Å². The molecule has 156 valence electrons. The van der Waals surface area contributed by atoms with Gasteiger partial charge in [0.1, 0.15) is 11.5 Å². The van der Waals surface area contributed by atoms with Gasteiger partial charge in [0, 0.05) is 29.2 Å². The molecule has 2 aromatic carbocycles. The van der Waals surface area contributed by atoms with Gasteiger partial charge in [-0.3, -0.25) is 4.79 Å². The Morgan fingerprint density at radius 3 is 2.67 bits per heavy atom. The van der Waals surface area contributed by atoms with Gasteiger partial charge in [0.05, 0.1) is 26.3 Å². The Bertz CT molecular complexity index is 1080. The van der Waals surface area contributed by atoms with Gasteiger partial charge in [-0.1, -0.05) is 34.4 Å². The van der Waals surface area contributed by atoms with Crippen molar-refractivity contribution in [2.24, 2.45) is 0 Å². The standard InChI is InChI=1S/C21H19Cl2N3O4/c1-26(20(27)9-5-13-4-6-14(22)10-17(13)23)12-19-24-21(25-30-19)16-8-7-15(28-2)11-18(16)29-3/h4-11H,12H2,1-3H3/b9-5+. The van der Waals surface area contributed by atoms with Gasteiger partial charge in [0.25, 0.3) is 0 Å². The first-order chi connectivity index (χ1) is 14.4. The molecular formula is C21H19Cl2N3O4. The molecule has 0 aliphatic carbocycles. The maximum absolute atomic E-state index is 12.4. The quantitative estimate of drug-likeness (QED) is 0.487. The van der Waals surface area contributed by atoms with E-state index in [1.54, 1.807) is 63.7 Å². The molecule has 9 heteroatoms. The molecule has 7 nitrogen and oxygen atoms in total. The lowest BCUT2D eigenvalue weighted by atomic mass is 10.2. The number of carbonyl (C=O) groups is 1. The molecule has 0 fully saturated rings. The highest BCUT2D eigenvalue weighted by molar-refractivity contribution is 6.35. The molecule has 0 N–H and O–H groups in total. The summed E-state index contributed by atoms with van der Waals surface area (Å²) in [4.78, 5) is 18.2. The van der Waals surface area contributed by atoms with E-state index in [1.807, 2.05) is 0 Å². The van der Waals surface area contributed by atoms with Crippen LogP contribution in [0, 0.1) is 0 Å². The second-order valence-electron chi connectivity index (χ2n) is 6.27. The minimum atomic E-state index is -0.247. The van der Waals surface area contributed by atoms with E-state index in [1.165, 1.54) is 11.0 Å². The van der Waals surface area contributed by atoms with Crippen LogP contribution in [0.5, 0.6) is 11.5 Å². The normalized spacial score (nSPS) is 11.0. The van der Waals surface area contributed by atoms with Crippen molar-refractivity contribution in [1.29, 1.82) is 0 Å². The molecule has 1 amide bonds. The molecular weight excluding hydrogens is 429 g/mol. The summed E-state index contributed by atoms with van der Waals surface area (Å²) in [5, 5.41) is 4.97. The number of benzene rings is 2. The number of rotatable bonds is 7. The average Bonchev–Trinajstić information content (AvgIpc) is 3.20. The Hall–Kier alpha value is -3.03. The van der Waals surface area contributed by atoms with Crippen LogP contribution in [0.25, 0.3) is 17.5 Å². The second kappa shape index (κ2) is 9.65. The summed E-state index contributed by atoms with van der Waals surface area (Å²) >= 11 is 12.0. The number of likely N-dealkylation sites (N-methyl/N-ethyl adjacent to an activating group) is 1. The summed E-state index contributed by atoms with van der Waals surface area (Å²) in [6.07, 6.45) is 3.04. The van der Waals surface area contributed by atoms with Gasteiger partial charge in [0.2, 0.25) is 17.6 Å². The zero-order chi connectivity index (χ0) is 21.7. The van der Waals surface area contributed by atoms with Crippen LogP contribution in [0.4, 0.5) is 0 Å². The van der Waals surface area contributed by atoms with Crippen molar-refractivity contribution in [3.05, 3.63) is 64.0 Å². The number of halogens is 2. The van der Waals surface area contributed by atoms with Crippen LogP contribution >= 0.6 is 23.2 Å². The molecule has 0 saturated carbocycles. The van der Waals surface area contributed by atoms with E-state index in [-0.39, 0.29) is 18.3 Å². The number of methoxy groups -OCH3 is 2. The van der Waals surface area contributed by atoms with Crippen LogP contribution < -0.4 is 9.47 Å². The minimum Gasteiger partial charge on any atom is -0.497 e. The summed E-state index contributed by atoms with van der Waals surface area (Å²) in [5.41, 5.74) is 1.34. The zero-order valence-electron chi connectivity index (χ0n) is 16.6. The lowest BCUT2D eigenvalue weighted by molar-refractivity contribution is -0.125. The summed E-state index contributed by atoms with van der Waals surface area (Å²) in [7, 11) is 4.75. The molecule has 0 saturated heterocycles. The van der Waals surface area contributed by atoms with Crippen molar-refractivity contribution in [3.8, 4) is 22.9 Å². The molecule has 0 unspecified atom stereocenters. The molecule has 3 rings (SSSR count). The van der Waals surface area contributed by atoms with E-state index in [2.05, 4.69) is 10.1 Å². The van der Waals surface area contributed by atoms with Crippen molar-refractivity contribution < 1.29 is 18.8 Å². The first kappa shape index (κ1) is 21.7. The van der Waals surface area contributed by atoms with Crippen molar-refractivity contribution in [2.45, 2.75) is 6.54 Å². The van der Waals surface area contributed by atoms with Gasteiger partial charge in [-0.05, 0) is 35.9 Å². The summed E-state index contributed by atoms with van der Waals surface area (Å²) in [6, 6.07) is 10.3. The Balaban J connectivity index is 1.69. The van der Waals surface area contributed by atoms with Crippen LogP contribution in [-0.4, -0.2) is 42.2 Å². The molecule has 1 heterocycles. The first-order valence-corrected chi connectivity index (χ1v) is 9.60. The third-order valence-electron chi connectivity index (χ3n) is 4.23. The highest BCUT2D eigenvalue weighted by Crippen LogP contribution is 2.31. The van der Waals surface area contributed by atoms with Crippen molar-refractivity contribution in [3.63, 3.8) is 0 Å². The van der Waals surface area contributed by atoms with Crippen LogP contribution in [0.3, 0.4) is 0 Å². The molecule has 0 spiro atoms. The van der Waals surface area contributed by atoms with E-state index in [4.69, 9.17) is 37.2 Å². The minimum absolute atomic E-state index is 0.142. The fourth-order valence-corrected chi connectivity index (χ4v) is 3.09. The monoisotopic (exact) mass is 447 g/mol. The van der Waals surface area contributed by atoms with Gasteiger partial charge >= 0.3 is 0 Å². The van der Waals surface area contributed by atoms with Crippen LogP contribution in [0.15, 0.2) is 47.0 Å². The maximum atomic E-state index is 12.4. The highest BCUT2D eigenvalue weighted by atomic mass is 35.5. The fraction of sp³-hybridized carbons (Fsp3) is 0.190. The molecule has 30 heavy (non-hydrogen) atoms. The molecule has 0 aliphatic rings. The van der Waals surface area contributed by atoms with Gasteiger partial charge in [-0.15, -0.1) is 0 Å². The van der Waals surface area contributed by atoms with Crippen LogP contribution in [-0.2, 0) is 11.3 Å². The first-order valence-electron chi connectivity index (χ1n) is 8.84. The smallest absolute Gasteiger partial charge is 0.246 e. The zero-order valence-corrected chi connectivity index (χ0v) is 18.1. The number of ether oxygens (including phenoxy) is 2. The van der Waals surface area contributed by atoms with Gasteiger partial charge in [-0.2, -0.15) is 4.98 Å². The van der Waals surface area contributed by atoms with Gasteiger partial charge in [-0.25, -0.2) is 0 Å². The van der Waals surface area contributed by atoms with E-state index >= 15 is 0 Å². The Morgan fingerprint density at radius 2 is 1.97 bits per heavy atom. The molecule has 0 aliphatic heterocycles. The highest BCUT2D eigenvalue weighted by Gasteiger charge is 2.16. The molecule has 0 atom stereocenters. The fourth-order valence-electron chi connectivity index (χ4n) is 2.62. The SMILES string of the molecule is COc1ccc(-c2noc(CN(C)C(=O)/C=C/c3ccc(Cl)cc3Cl)n2)c(OC)c1. The second-order valence-corrected chi connectivity index (χ2v) is 7.12. The van der Waals surface area contributed by atoms with Gasteiger partial charge in [0.15, 0.2) is 0 Å². The van der Waals surface area contributed by atoms with Crippen molar-refractivity contribution in [1.82, 2.24) is 15.0 Å². The molecule has 1 aromatic heterocycles. The predicted octanol–water partition coefficient (Wildman–Crippen LogP) is 4.73. The number of hydrogen-bond acceptors (Lipinski definition) is 6. The topological polar surface area (TPSA) is 77.7 Å². The van der Waals surface area contributed by atoms with E-state index in [0.717, 1.165) is 0 Å². The third-order valence-corrected chi connectivity index (χ3v) is 4.80. The Kier molecular flexibility index (Phi) is 6.97. The number of carbonyl (C=O) groups excluding carboxylic acids is 1. The summed E-state index contributed by atoms with van der Waals surface area (Å²) < 4.78 is 15.8. The van der Waals surface area contributed by atoms with E-state index < -0.39 is 0 Å². The lowest BCUT2D eigenvalue weighted by Gasteiger charge is -2.11. The molecule has 3 aromatic rings. The lowest BCUT2D eigenvalue weighted by Crippen LogP contribution is -2.24. The van der Waals surface area contributed by atoms with Crippen molar-refractivity contribution >= 4 is 35.2 Å². The Morgan fingerprint density at radius 1 is 1.17 bits per heavy atom. The summed E-state index contributed by atoms with van der Waals surface area (Å²) in [6.45, 7) is 0.142. The molecule has 0 bridgehead atoms. The maximum Gasteiger partial charge on any atom is 0.246 e. The predicted molar refractivity (Wildman–Crippen MR) is 115 cm³/mol.